The molecule has 0 spiro atoms. The highest BCUT2D eigenvalue weighted by atomic mass is 79.9. The van der Waals surface area contributed by atoms with E-state index >= 15 is 0 Å². The second-order valence-corrected chi connectivity index (χ2v) is 5.65. The number of carbonyl (C=O) groups is 1. The minimum Gasteiger partial charge on any atom is -0.496 e. The van der Waals surface area contributed by atoms with E-state index in [9.17, 15) is 19.3 Å². The van der Waals surface area contributed by atoms with Crippen LogP contribution in [0.2, 0.25) is 0 Å². The monoisotopic (exact) mass is 412 g/mol. The number of carbonyl (C=O) groups excluding carboxylic acids is 1. The van der Waals surface area contributed by atoms with E-state index in [0.717, 1.165) is 6.07 Å². The van der Waals surface area contributed by atoms with Gasteiger partial charge in [0.1, 0.15) is 17.3 Å². The molecule has 0 aliphatic carbocycles. The number of ether oxygens (including phenoxy) is 2. The number of nitro benzene ring substituents is 1. The predicted molar refractivity (Wildman–Crippen MR) is 93.0 cm³/mol. The van der Waals surface area contributed by atoms with E-state index in [1.807, 2.05) is 0 Å². The molecular weight excluding hydrogens is 399 g/mol. The van der Waals surface area contributed by atoms with Gasteiger partial charge in [-0.1, -0.05) is 0 Å². The molecule has 7 nitrogen and oxygen atoms in total. The molecule has 132 valence electrons. The zero-order chi connectivity index (χ0) is 18.6. The SMILES string of the molecule is CCOC(=O)c1cc(F)c(Nc2ccc(OC)cc2[N+](=O)[O-])cc1Br. The highest BCUT2D eigenvalue weighted by molar-refractivity contribution is 9.10. The Bertz CT molecular complexity index is 828. The number of nitrogens with one attached hydrogen (secondary N) is 1. The Morgan fingerprint density at radius 2 is 2.04 bits per heavy atom. The van der Waals surface area contributed by atoms with E-state index in [-0.39, 0.29) is 29.2 Å². The molecule has 2 rings (SSSR count). The molecule has 2 aromatic rings. The quantitative estimate of drug-likeness (QED) is 0.428. The van der Waals surface area contributed by atoms with Crippen molar-refractivity contribution in [1.82, 2.24) is 0 Å². The number of nitrogens with zero attached hydrogens (tertiary/aromatic N) is 1. The first-order valence-electron chi connectivity index (χ1n) is 7.13. The highest BCUT2D eigenvalue weighted by Crippen LogP contribution is 2.34. The predicted octanol–water partition coefficient (Wildman–Crippen LogP) is 4.43. The number of anilines is 2. The molecule has 0 aromatic heterocycles. The number of nitro groups is 1. The fourth-order valence-electron chi connectivity index (χ4n) is 2.05. The van der Waals surface area contributed by atoms with Crippen LogP contribution in [0.4, 0.5) is 21.5 Å². The lowest BCUT2D eigenvalue weighted by molar-refractivity contribution is -0.384. The van der Waals surface area contributed by atoms with Crippen molar-refractivity contribution in [2.24, 2.45) is 0 Å². The van der Waals surface area contributed by atoms with Crippen LogP contribution >= 0.6 is 15.9 Å². The molecule has 0 radical (unpaired) electrons. The van der Waals surface area contributed by atoms with Crippen molar-refractivity contribution < 1.29 is 23.6 Å². The smallest absolute Gasteiger partial charge is 0.339 e. The third-order valence-corrected chi connectivity index (χ3v) is 3.88. The van der Waals surface area contributed by atoms with Gasteiger partial charge in [-0.05, 0) is 47.1 Å². The van der Waals surface area contributed by atoms with Crippen LogP contribution in [0.1, 0.15) is 17.3 Å². The fourth-order valence-corrected chi connectivity index (χ4v) is 2.55. The maximum atomic E-state index is 14.3. The summed E-state index contributed by atoms with van der Waals surface area (Å²) >= 11 is 3.17. The molecule has 2 aromatic carbocycles. The number of hydrogen-bond acceptors (Lipinski definition) is 6. The van der Waals surface area contributed by atoms with Gasteiger partial charge in [0.05, 0.1) is 36.0 Å². The third kappa shape index (κ3) is 4.24. The Morgan fingerprint density at radius 3 is 2.64 bits per heavy atom. The lowest BCUT2D eigenvalue weighted by atomic mass is 10.2. The third-order valence-electron chi connectivity index (χ3n) is 3.22. The number of methoxy groups -OCH3 is 1. The second kappa shape index (κ2) is 7.93. The van der Waals surface area contributed by atoms with Gasteiger partial charge in [0.2, 0.25) is 0 Å². The van der Waals surface area contributed by atoms with Crippen LogP contribution < -0.4 is 10.1 Å². The van der Waals surface area contributed by atoms with Crippen LogP contribution in [0, 0.1) is 15.9 Å². The molecule has 0 aliphatic heterocycles. The van der Waals surface area contributed by atoms with Crippen molar-refractivity contribution in [2.45, 2.75) is 6.92 Å². The van der Waals surface area contributed by atoms with Gasteiger partial charge in [-0.3, -0.25) is 10.1 Å². The Morgan fingerprint density at radius 1 is 1.32 bits per heavy atom. The summed E-state index contributed by atoms with van der Waals surface area (Å²) in [6.45, 7) is 1.80. The summed E-state index contributed by atoms with van der Waals surface area (Å²) in [6.07, 6.45) is 0. The largest absolute Gasteiger partial charge is 0.496 e. The second-order valence-electron chi connectivity index (χ2n) is 4.80. The van der Waals surface area contributed by atoms with Crippen molar-refractivity contribution in [1.29, 1.82) is 0 Å². The van der Waals surface area contributed by atoms with E-state index < -0.39 is 16.7 Å². The minimum atomic E-state index is -0.753. The summed E-state index contributed by atoms with van der Waals surface area (Å²) in [5.74, 6) is -1.12. The minimum absolute atomic E-state index is 0.0223. The number of benzene rings is 2. The molecule has 0 amide bonds. The average molecular weight is 413 g/mol. The zero-order valence-electron chi connectivity index (χ0n) is 13.3. The number of hydrogen-bond donors (Lipinski definition) is 1. The topological polar surface area (TPSA) is 90.7 Å². The molecule has 0 fully saturated rings. The molecule has 0 aliphatic rings. The summed E-state index contributed by atoms with van der Waals surface area (Å²) in [5.41, 5.74) is -0.202. The first-order valence-corrected chi connectivity index (χ1v) is 7.92. The fraction of sp³-hybridized carbons (Fsp3) is 0.188. The summed E-state index contributed by atoms with van der Waals surface area (Å²) in [5, 5.41) is 13.9. The average Bonchev–Trinajstić information content (AvgIpc) is 2.58. The molecule has 0 saturated heterocycles. The van der Waals surface area contributed by atoms with Crippen LogP contribution in [-0.2, 0) is 4.74 Å². The van der Waals surface area contributed by atoms with Gasteiger partial charge in [-0.15, -0.1) is 0 Å². The molecule has 0 unspecified atom stereocenters. The Labute approximate surface area is 151 Å². The van der Waals surface area contributed by atoms with Crippen molar-refractivity contribution in [2.75, 3.05) is 19.0 Å². The summed E-state index contributed by atoms with van der Waals surface area (Å²) in [6, 6.07) is 6.45. The van der Waals surface area contributed by atoms with Gasteiger partial charge in [0.25, 0.3) is 5.69 Å². The van der Waals surface area contributed by atoms with E-state index in [1.165, 1.54) is 31.4 Å². The highest BCUT2D eigenvalue weighted by Gasteiger charge is 2.19. The summed E-state index contributed by atoms with van der Waals surface area (Å²) in [7, 11) is 1.39. The maximum Gasteiger partial charge on any atom is 0.339 e. The summed E-state index contributed by atoms with van der Waals surface area (Å²) < 4.78 is 24.4. The molecule has 0 atom stereocenters. The lowest BCUT2D eigenvalue weighted by Gasteiger charge is -2.12. The molecule has 0 heterocycles. The standard InChI is InChI=1S/C16H14BrFN2O5/c1-3-25-16(21)10-7-12(18)14(8-11(10)17)19-13-5-4-9(24-2)6-15(13)20(22)23/h4-8,19H,3H2,1-2H3. The Balaban J connectivity index is 2.40. The van der Waals surface area contributed by atoms with Gasteiger partial charge >= 0.3 is 5.97 Å². The summed E-state index contributed by atoms with van der Waals surface area (Å²) in [4.78, 5) is 22.3. The first kappa shape index (κ1) is 18.7. The van der Waals surface area contributed by atoms with Gasteiger partial charge in [-0.25, -0.2) is 9.18 Å². The molecule has 0 saturated carbocycles. The maximum absolute atomic E-state index is 14.3. The van der Waals surface area contributed by atoms with Gasteiger partial charge in [-0.2, -0.15) is 0 Å². The van der Waals surface area contributed by atoms with Crippen LogP contribution in [0.3, 0.4) is 0 Å². The van der Waals surface area contributed by atoms with E-state index in [1.54, 1.807) is 6.92 Å². The van der Waals surface area contributed by atoms with Crippen molar-refractivity contribution in [3.8, 4) is 5.75 Å². The van der Waals surface area contributed by atoms with Gasteiger partial charge in [0, 0.05) is 4.47 Å². The number of esters is 1. The van der Waals surface area contributed by atoms with Crippen LogP contribution in [0.5, 0.6) is 5.75 Å². The van der Waals surface area contributed by atoms with Crippen LogP contribution in [0.25, 0.3) is 0 Å². The van der Waals surface area contributed by atoms with Gasteiger partial charge < -0.3 is 14.8 Å². The first-order chi connectivity index (χ1) is 11.9. The molecule has 9 heteroatoms. The normalized spacial score (nSPS) is 10.2. The van der Waals surface area contributed by atoms with E-state index in [2.05, 4.69) is 21.2 Å². The van der Waals surface area contributed by atoms with Crippen molar-refractivity contribution >= 4 is 39.0 Å². The number of rotatable bonds is 6. The Hall–Kier alpha value is -2.68. The lowest BCUT2D eigenvalue weighted by Crippen LogP contribution is -2.07. The van der Waals surface area contributed by atoms with Gasteiger partial charge in [0.15, 0.2) is 0 Å². The van der Waals surface area contributed by atoms with Crippen molar-refractivity contribution in [3.63, 3.8) is 0 Å². The van der Waals surface area contributed by atoms with E-state index in [4.69, 9.17) is 9.47 Å². The zero-order valence-corrected chi connectivity index (χ0v) is 14.9. The molecule has 25 heavy (non-hydrogen) atoms. The van der Waals surface area contributed by atoms with Crippen LogP contribution in [-0.4, -0.2) is 24.6 Å². The molecule has 0 bridgehead atoms. The Kier molecular flexibility index (Phi) is 5.92. The van der Waals surface area contributed by atoms with Crippen molar-refractivity contribution in [3.05, 3.63) is 56.3 Å². The number of halogens is 2. The molecular formula is C16H14BrFN2O5. The van der Waals surface area contributed by atoms with Crippen LogP contribution in [0.15, 0.2) is 34.8 Å². The van der Waals surface area contributed by atoms with E-state index in [0.29, 0.717) is 10.2 Å². The molecule has 1 N–H and O–H groups in total.